The molecule has 108 valence electrons. The maximum atomic E-state index is 12.8. The van der Waals surface area contributed by atoms with Crippen molar-refractivity contribution < 1.29 is 9.18 Å². The zero-order chi connectivity index (χ0) is 15.4. The smallest absolute Gasteiger partial charge is 0.257 e. The molecule has 0 heterocycles. The highest BCUT2D eigenvalue weighted by molar-refractivity contribution is 7.80. The number of amides is 1. The van der Waals surface area contributed by atoms with E-state index in [0.29, 0.717) is 5.56 Å². The molecule has 0 aliphatic rings. The average Bonchev–Trinajstić information content (AvgIpc) is 2.37. The average molecular weight is 302 g/mol. The number of nitrogens with one attached hydrogen (secondary N) is 2. The lowest BCUT2D eigenvalue weighted by Gasteiger charge is -2.11. The van der Waals surface area contributed by atoms with Crippen LogP contribution in [0.5, 0.6) is 0 Å². The molecule has 5 heteroatoms. The number of aryl methyl sites for hydroxylation is 2. The second-order valence-corrected chi connectivity index (χ2v) is 5.20. The number of hydrogen-bond acceptors (Lipinski definition) is 2. The van der Waals surface area contributed by atoms with E-state index in [4.69, 9.17) is 12.2 Å². The van der Waals surface area contributed by atoms with Crippen molar-refractivity contribution in [3.8, 4) is 0 Å². The molecule has 0 saturated carbocycles. The normalized spacial score (nSPS) is 10.0. The topological polar surface area (TPSA) is 41.1 Å². The van der Waals surface area contributed by atoms with Crippen molar-refractivity contribution in [1.82, 2.24) is 5.32 Å². The maximum Gasteiger partial charge on any atom is 0.257 e. The number of thiocarbonyl (C=S) groups is 1. The van der Waals surface area contributed by atoms with E-state index in [1.807, 2.05) is 32.0 Å². The Bertz CT molecular complexity index is 663. The van der Waals surface area contributed by atoms with Gasteiger partial charge in [0.15, 0.2) is 5.11 Å². The standard InChI is InChI=1S/C16H15FN2OS/c1-10-7-11(2)9-14(8-10)18-16(21)19-15(20)12-3-5-13(17)6-4-12/h3-9H,1-2H3,(H2,18,19,20,21). The van der Waals surface area contributed by atoms with Crippen LogP contribution in [0.25, 0.3) is 0 Å². The van der Waals surface area contributed by atoms with Crippen molar-refractivity contribution in [3.63, 3.8) is 0 Å². The number of benzene rings is 2. The fourth-order valence-electron chi connectivity index (χ4n) is 1.99. The van der Waals surface area contributed by atoms with Gasteiger partial charge in [-0.05, 0) is 73.6 Å². The lowest BCUT2D eigenvalue weighted by molar-refractivity contribution is 0.0977. The number of halogens is 1. The van der Waals surface area contributed by atoms with Crippen LogP contribution in [-0.2, 0) is 0 Å². The Morgan fingerprint density at radius 2 is 1.62 bits per heavy atom. The number of rotatable bonds is 2. The number of carbonyl (C=O) groups is 1. The first-order chi connectivity index (χ1) is 9.94. The monoisotopic (exact) mass is 302 g/mol. The summed E-state index contributed by atoms with van der Waals surface area (Å²) in [6, 6.07) is 11.2. The SMILES string of the molecule is Cc1cc(C)cc(NC(=S)NC(=O)c2ccc(F)cc2)c1. The van der Waals surface area contributed by atoms with Crippen molar-refractivity contribution in [2.45, 2.75) is 13.8 Å². The summed E-state index contributed by atoms with van der Waals surface area (Å²) in [5.74, 6) is -0.764. The highest BCUT2D eigenvalue weighted by Gasteiger charge is 2.08. The summed E-state index contributed by atoms with van der Waals surface area (Å²) in [6.45, 7) is 3.97. The van der Waals surface area contributed by atoms with Gasteiger partial charge in [0.1, 0.15) is 5.82 Å². The van der Waals surface area contributed by atoms with Crippen molar-refractivity contribution in [2.24, 2.45) is 0 Å². The van der Waals surface area contributed by atoms with Gasteiger partial charge in [-0.25, -0.2) is 4.39 Å². The quantitative estimate of drug-likeness (QED) is 0.833. The van der Waals surface area contributed by atoms with Crippen molar-refractivity contribution in [2.75, 3.05) is 5.32 Å². The van der Waals surface area contributed by atoms with Crippen LogP contribution in [0.1, 0.15) is 21.5 Å². The summed E-state index contributed by atoms with van der Waals surface area (Å²) in [6.07, 6.45) is 0. The van der Waals surface area contributed by atoms with E-state index in [9.17, 15) is 9.18 Å². The van der Waals surface area contributed by atoms with E-state index in [0.717, 1.165) is 16.8 Å². The van der Waals surface area contributed by atoms with Crippen LogP contribution in [0.2, 0.25) is 0 Å². The molecule has 0 aromatic heterocycles. The van der Waals surface area contributed by atoms with Gasteiger partial charge in [-0.2, -0.15) is 0 Å². The molecule has 21 heavy (non-hydrogen) atoms. The van der Waals surface area contributed by atoms with Crippen molar-refractivity contribution in [1.29, 1.82) is 0 Å². The van der Waals surface area contributed by atoms with Crippen molar-refractivity contribution >= 4 is 28.9 Å². The van der Waals surface area contributed by atoms with Gasteiger partial charge in [-0.3, -0.25) is 10.1 Å². The van der Waals surface area contributed by atoms with Crippen LogP contribution in [0, 0.1) is 19.7 Å². The van der Waals surface area contributed by atoms with Gasteiger partial charge in [-0.1, -0.05) is 6.07 Å². The lowest BCUT2D eigenvalue weighted by Crippen LogP contribution is -2.34. The molecule has 2 N–H and O–H groups in total. The van der Waals surface area contributed by atoms with Crippen LogP contribution >= 0.6 is 12.2 Å². The molecule has 0 radical (unpaired) electrons. The van der Waals surface area contributed by atoms with Crippen LogP contribution in [0.4, 0.5) is 10.1 Å². The largest absolute Gasteiger partial charge is 0.332 e. The van der Waals surface area contributed by atoms with E-state index in [1.54, 1.807) is 0 Å². The van der Waals surface area contributed by atoms with Gasteiger partial charge in [0, 0.05) is 11.3 Å². The van der Waals surface area contributed by atoms with E-state index in [2.05, 4.69) is 10.6 Å². The molecule has 0 atom stereocenters. The first-order valence-corrected chi connectivity index (χ1v) is 6.81. The van der Waals surface area contributed by atoms with Crippen LogP contribution < -0.4 is 10.6 Å². The Balaban J connectivity index is 2.01. The lowest BCUT2D eigenvalue weighted by atomic mass is 10.1. The first-order valence-electron chi connectivity index (χ1n) is 6.40. The predicted molar refractivity (Wildman–Crippen MR) is 86.0 cm³/mol. The number of carbonyl (C=O) groups excluding carboxylic acids is 1. The first kappa shape index (κ1) is 15.1. The Morgan fingerprint density at radius 3 is 2.19 bits per heavy atom. The summed E-state index contributed by atoms with van der Waals surface area (Å²) in [5, 5.41) is 5.73. The summed E-state index contributed by atoms with van der Waals surface area (Å²) in [4.78, 5) is 11.9. The molecule has 2 aromatic carbocycles. The van der Waals surface area contributed by atoms with Crippen LogP contribution in [-0.4, -0.2) is 11.0 Å². The van der Waals surface area contributed by atoms with Crippen molar-refractivity contribution in [3.05, 3.63) is 65.0 Å². The van der Waals surface area contributed by atoms with Gasteiger partial charge >= 0.3 is 0 Å². The molecule has 2 rings (SSSR count). The number of hydrogen-bond donors (Lipinski definition) is 2. The molecule has 0 aliphatic heterocycles. The van der Waals surface area contributed by atoms with Gasteiger partial charge in [0.2, 0.25) is 0 Å². The minimum absolute atomic E-state index is 0.203. The summed E-state index contributed by atoms with van der Waals surface area (Å²) < 4.78 is 12.8. The maximum absolute atomic E-state index is 12.8. The molecule has 1 amide bonds. The summed E-state index contributed by atoms with van der Waals surface area (Å²) in [5.41, 5.74) is 3.37. The Labute approximate surface area is 128 Å². The molecule has 3 nitrogen and oxygen atoms in total. The fraction of sp³-hybridized carbons (Fsp3) is 0.125. The third kappa shape index (κ3) is 4.36. The Kier molecular flexibility index (Phi) is 4.65. The molecule has 2 aromatic rings. The highest BCUT2D eigenvalue weighted by Crippen LogP contribution is 2.13. The Hall–Kier alpha value is -2.27. The number of anilines is 1. The zero-order valence-corrected chi connectivity index (χ0v) is 12.6. The second-order valence-electron chi connectivity index (χ2n) is 4.79. The van der Waals surface area contributed by atoms with E-state index < -0.39 is 0 Å². The molecule has 0 saturated heterocycles. The fourth-order valence-corrected chi connectivity index (χ4v) is 2.20. The minimum Gasteiger partial charge on any atom is -0.332 e. The molecule has 0 fully saturated rings. The Morgan fingerprint density at radius 1 is 1.05 bits per heavy atom. The third-order valence-electron chi connectivity index (χ3n) is 2.81. The molecule has 0 aliphatic carbocycles. The van der Waals surface area contributed by atoms with Gasteiger partial charge in [0.05, 0.1) is 0 Å². The molecular formula is C16H15FN2OS. The predicted octanol–water partition coefficient (Wildman–Crippen LogP) is 3.57. The van der Waals surface area contributed by atoms with Gasteiger partial charge in [-0.15, -0.1) is 0 Å². The molecule has 0 spiro atoms. The third-order valence-corrected chi connectivity index (χ3v) is 3.02. The summed E-state index contributed by atoms with van der Waals surface area (Å²) >= 11 is 5.11. The molecule has 0 bridgehead atoms. The van der Waals surface area contributed by atoms with E-state index in [-0.39, 0.29) is 16.8 Å². The van der Waals surface area contributed by atoms with E-state index in [1.165, 1.54) is 24.3 Å². The van der Waals surface area contributed by atoms with E-state index >= 15 is 0 Å². The van der Waals surface area contributed by atoms with Crippen LogP contribution in [0.3, 0.4) is 0 Å². The van der Waals surface area contributed by atoms with Gasteiger partial charge < -0.3 is 5.32 Å². The van der Waals surface area contributed by atoms with Crippen LogP contribution in [0.15, 0.2) is 42.5 Å². The zero-order valence-electron chi connectivity index (χ0n) is 11.7. The second kappa shape index (κ2) is 6.45. The van der Waals surface area contributed by atoms with Gasteiger partial charge in [0.25, 0.3) is 5.91 Å². The minimum atomic E-state index is -0.387. The summed E-state index contributed by atoms with van der Waals surface area (Å²) in [7, 11) is 0. The highest BCUT2D eigenvalue weighted by atomic mass is 32.1. The molecule has 0 unspecified atom stereocenters. The molecular weight excluding hydrogens is 287 g/mol.